The van der Waals surface area contributed by atoms with Crippen LogP contribution in [0.5, 0.6) is 5.75 Å². The van der Waals surface area contributed by atoms with E-state index in [0.29, 0.717) is 21.6 Å². The molecule has 0 bridgehead atoms. The predicted octanol–water partition coefficient (Wildman–Crippen LogP) is 3.52. The summed E-state index contributed by atoms with van der Waals surface area (Å²) in [5.74, 6) is 0.625. The fourth-order valence-corrected chi connectivity index (χ4v) is 2.19. The number of benzene rings is 1. The summed E-state index contributed by atoms with van der Waals surface area (Å²) in [6.45, 7) is 0. The standard InChI is InChI=1S/C9H6Cl2N2OS/c1-14-7-3-2-5(4-6(7)10)8-9(11)13-15-12-8/h2-4H,1H3. The highest BCUT2D eigenvalue weighted by atomic mass is 35.5. The first-order chi connectivity index (χ1) is 7.22. The van der Waals surface area contributed by atoms with E-state index in [2.05, 4.69) is 8.75 Å². The monoisotopic (exact) mass is 260 g/mol. The van der Waals surface area contributed by atoms with Crippen LogP contribution >= 0.6 is 34.9 Å². The molecule has 0 radical (unpaired) electrons. The van der Waals surface area contributed by atoms with Crippen molar-refractivity contribution in [3.8, 4) is 17.0 Å². The van der Waals surface area contributed by atoms with Crippen molar-refractivity contribution >= 4 is 34.9 Å². The lowest BCUT2D eigenvalue weighted by Crippen LogP contribution is -1.85. The highest BCUT2D eigenvalue weighted by Crippen LogP contribution is 2.32. The van der Waals surface area contributed by atoms with Crippen molar-refractivity contribution in [3.63, 3.8) is 0 Å². The molecule has 0 saturated carbocycles. The van der Waals surface area contributed by atoms with E-state index in [9.17, 15) is 0 Å². The molecule has 6 heteroatoms. The molecule has 0 aliphatic heterocycles. The SMILES string of the molecule is COc1ccc(-c2nsnc2Cl)cc1Cl. The van der Waals surface area contributed by atoms with Gasteiger partial charge >= 0.3 is 0 Å². The highest BCUT2D eigenvalue weighted by molar-refractivity contribution is 6.99. The lowest BCUT2D eigenvalue weighted by Gasteiger charge is -2.03. The van der Waals surface area contributed by atoms with Crippen molar-refractivity contribution in [3.05, 3.63) is 28.4 Å². The van der Waals surface area contributed by atoms with E-state index in [1.807, 2.05) is 6.07 Å². The minimum atomic E-state index is 0.390. The summed E-state index contributed by atoms with van der Waals surface area (Å²) in [6.07, 6.45) is 0. The summed E-state index contributed by atoms with van der Waals surface area (Å²) in [7, 11) is 1.57. The molecule has 0 atom stereocenters. The van der Waals surface area contributed by atoms with Crippen LogP contribution in [0, 0.1) is 0 Å². The fraction of sp³-hybridized carbons (Fsp3) is 0.111. The van der Waals surface area contributed by atoms with Gasteiger partial charge in [0.05, 0.1) is 23.9 Å². The molecule has 1 aromatic heterocycles. The Bertz CT molecular complexity index is 487. The van der Waals surface area contributed by atoms with Crippen LogP contribution in [0.4, 0.5) is 0 Å². The molecule has 15 heavy (non-hydrogen) atoms. The van der Waals surface area contributed by atoms with Gasteiger partial charge < -0.3 is 4.74 Å². The van der Waals surface area contributed by atoms with Crippen molar-refractivity contribution in [2.75, 3.05) is 7.11 Å². The van der Waals surface area contributed by atoms with E-state index in [-0.39, 0.29) is 0 Å². The smallest absolute Gasteiger partial charge is 0.170 e. The second-order valence-corrected chi connectivity index (χ2v) is 4.05. The van der Waals surface area contributed by atoms with Crippen LogP contribution in [0.15, 0.2) is 18.2 Å². The van der Waals surface area contributed by atoms with Gasteiger partial charge in [-0.1, -0.05) is 23.2 Å². The van der Waals surface area contributed by atoms with Gasteiger partial charge in [-0.25, -0.2) is 0 Å². The van der Waals surface area contributed by atoms with Crippen LogP contribution in [-0.2, 0) is 0 Å². The number of methoxy groups -OCH3 is 1. The van der Waals surface area contributed by atoms with Crippen LogP contribution < -0.4 is 4.74 Å². The van der Waals surface area contributed by atoms with E-state index in [1.165, 1.54) is 0 Å². The van der Waals surface area contributed by atoms with Gasteiger partial charge in [0.25, 0.3) is 0 Å². The largest absolute Gasteiger partial charge is 0.495 e. The lowest BCUT2D eigenvalue weighted by atomic mass is 10.1. The third kappa shape index (κ3) is 2.07. The van der Waals surface area contributed by atoms with Crippen LogP contribution in [-0.4, -0.2) is 15.9 Å². The molecule has 2 aromatic rings. The molecule has 78 valence electrons. The second kappa shape index (κ2) is 4.35. The van der Waals surface area contributed by atoms with Crippen LogP contribution in [0.25, 0.3) is 11.3 Å². The number of halogens is 2. The molecule has 0 amide bonds. The topological polar surface area (TPSA) is 35.0 Å². The number of rotatable bonds is 2. The molecule has 3 nitrogen and oxygen atoms in total. The van der Waals surface area contributed by atoms with E-state index >= 15 is 0 Å². The predicted molar refractivity (Wildman–Crippen MR) is 61.9 cm³/mol. The summed E-state index contributed by atoms with van der Waals surface area (Å²) in [4.78, 5) is 0. The summed E-state index contributed by atoms with van der Waals surface area (Å²) in [5, 5.41) is 0.917. The number of nitrogens with zero attached hydrogens (tertiary/aromatic N) is 2. The van der Waals surface area contributed by atoms with Gasteiger partial charge in [0.2, 0.25) is 0 Å². The molecule has 1 aromatic carbocycles. The maximum absolute atomic E-state index is 5.99. The summed E-state index contributed by atoms with van der Waals surface area (Å²) in [5.41, 5.74) is 1.48. The Labute approximate surface area is 101 Å². The van der Waals surface area contributed by atoms with Crippen molar-refractivity contribution in [2.24, 2.45) is 0 Å². The highest BCUT2D eigenvalue weighted by Gasteiger charge is 2.10. The Morgan fingerprint density at radius 3 is 2.60 bits per heavy atom. The van der Waals surface area contributed by atoms with Gasteiger partial charge in [0.1, 0.15) is 11.4 Å². The van der Waals surface area contributed by atoms with E-state index in [4.69, 9.17) is 27.9 Å². The normalized spacial score (nSPS) is 10.3. The van der Waals surface area contributed by atoms with Gasteiger partial charge in [0.15, 0.2) is 5.15 Å². The number of ether oxygens (including phenoxy) is 1. The molecule has 2 rings (SSSR count). The van der Waals surface area contributed by atoms with Crippen molar-refractivity contribution in [2.45, 2.75) is 0 Å². The maximum Gasteiger partial charge on any atom is 0.170 e. The Morgan fingerprint density at radius 2 is 2.07 bits per heavy atom. The van der Waals surface area contributed by atoms with E-state index in [1.54, 1.807) is 19.2 Å². The average molecular weight is 261 g/mol. The zero-order valence-electron chi connectivity index (χ0n) is 7.70. The molecule has 0 aliphatic rings. The maximum atomic E-state index is 5.99. The second-order valence-electron chi connectivity index (χ2n) is 2.75. The van der Waals surface area contributed by atoms with Crippen LogP contribution in [0.2, 0.25) is 10.2 Å². The van der Waals surface area contributed by atoms with Gasteiger partial charge in [0, 0.05) is 5.56 Å². The summed E-state index contributed by atoms with van der Waals surface area (Å²) >= 11 is 12.9. The number of hydrogen-bond donors (Lipinski definition) is 0. The van der Waals surface area contributed by atoms with E-state index in [0.717, 1.165) is 17.3 Å². The molecule has 0 unspecified atom stereocenters. The summed E-state index contributed by atoms with van der Waals surface area (Å²) in [6, 6.07) is 5.36. The first-order valence-electron chi connectivity index (χ1n) is 4.04. The quantitative estimate of drug-likeness (QED) is 0.829. The van der Waals surface area contributed by atoms with Gasteiger partial charge in [-0.15, -0.1) is 0 Å². The fourth-order valence-electron chi connectivity index (χ4n) is 1.16. The Kier molecular flexibility index (Phi) is 3.09. The van der Waals surface area contributed by atoms with Crippen molar-refractivity contribution < 1.29 is 4.74 Å². The first kappa shape index (κ1) is 10.7. The molecule has 0 spiro atoms. The molecular weight excluding hydrogens is 255 g/mol. The Morgan fingerprint density at radius 1 is 1.27 bits per heavy atom. The summed E-state index contributed by atoms with van der Waals surface area (Å²) < 4.78 is 13.0. The van der Waals surface area contributed by atoms with Crippen molar-refractivity contribution in [1.82, 2.24) is 8.75 Å². The third-order valence-electron chi connectivity index (χ3n) is 1.87. The number of aromatic nitrogens is 2. The Balaban J connectivity index is 2.47. The minimum Gasteiger partial charge on any atom is -0.495 e. The van der Waals surface area contributed by atoms with Crippen LogP contribution in [0.1, 0.15) is 0 Å². The van der Waals surface area contributed by atoms with E-state index < -0.39 is 0 Å². The molecule has 0 fully saturated rings. The Hall–Kier alpha value is -0.840. The van der Waals surface area contributed by atoms with Gasteiger partial charge in [-0.2, -0.15) is 8.75 Å². The zero-order chi connectivity index (χ0) is 10.8. The van der Waals surface area contributed by atoms with Crippen molar-refractivity contribution in [1.29, 1.82) is 0 Å². The first-order valence-corrected chi connectivity index (χ1v) is 5.53. The van der Waals surface area contributed by atoms with Crippen LogP contribution in [0.3, 0.4) is 0 Å². The minimum absolute atomic E-state index is 0.390. The molecular formula is C9H6Cl2N2OS. The molecule has 0 N–H and O–H groups in total. The third-order valence-corrected chi connectivity index (χ3v) is 3.06. The molecule has 0 saturated heterocycles. The van der Waals surface area contributed by atoms with Gasteiger partial charge in [-0.3, -0.25) is 0 Å². The lowest BCUT2D eigenvalue weighted by molar-refractivity contribution is 0.415. The average Bonchev–Trinajstić information content (AvgIpc) is 2.64. The molecule has 0 aliphatic carbocycles. The molecule has 1 heterocycles. The van der Waals surface area contributed by atoms with Gasteiger partial charge in [-0.05, 0) is 18.2 Å². The zero-order valence-corrected chi connectivity index (χ0v) is 10.0. The number of hydrogen-bond acceptors (Lipinski definition) is 4.